The summed E-state index contributed by atoms with van der Waals surface area (Å²) in [7, 11) is 0. The molecule has 2 aromatic heterocycles. The Morgan fingerprint density at radius 2 is 1.94 bits per heavy atom. The first-order chi connectivity index (χ1) is 8.92. The van der Waals surface area contributed by atoms with Crippen LogP contribution in [0.1, 0.15) is 5.76 Å². The summed E-state index contributed by atoms with van der Waals surface area (Å²) in [4.78, 5) is 8.84. The van der Waals surface area contributed by atoms with Crippen molar-refractivity contribution in [1.29, 1.82) is 0 Å². The molecule has 0 saturated heterocycles. The number of rotatable bonds is 4. The van der Waals surface area contributed by atoms with Gasteiger partial charge in [0.05, 0.1) is 23.5 Å². The quantitative estimate of drug-likeness (QED) is 0.760. The van der Waals surface area contributed by atoms with E-state index in [0.717, 1.165) is 35.6 Å². The van der Waals surface area contributed by atoms with E-state index >= 15 is 0 Å². The van der Waals surface area contributed by atoms with Crippen LogP contribution in [0, 0.1) is 0 Å². The van der Waals surface area contributed by atoms with Crippen molar-refractivity contribution in [1.82, 2.24) is 9.97 Å². The lowest BCUT2D eigenvalue weighted by Crippen LogP contribution is -2.06. The van der Waals surface area contributed by atoms with Crippen LogP contribution in [-0.2, 0) is 6.42 Å². The maximum atomic E-state index is 5.27. The third kappa shape index (κ3) is 2.32. The third-order valence-corrected chi connectivity index (χ3v) is 2.71. The number of hydrogen-bond acceptors (Lipinski definition) is 4. The summed E-state index contributed by atoms with van der Waals surface area (Å²) in [5, 5.41) is 3.24. The van der Waals surface area contributed by atoms with E-state index in [9.17, 15) is 0 Å². The lowest BCUT2D eigenvalue weighted by atomic mass is 10.3. The minimum Gasteiger partial charge on any atom is -0.469 e. The summed E-state index contributed by atoms with van der Waals surface area (Å²) < 4.78 is 5.27. The van der Waals surface area contributed by atoms with Gasteiger partial charge in [0.15, 0.2) is 0 Å². The Morgan fingerprint density at radius 3 is 2.78 bits per heavy atom. The molecule has 3 aromatic rings. The van der Waals surface area contributed by atoms with Gasteiger partial charge in [-0.25, -0.2) is 4.98 Å². The number of nitrogens with one attached hydrogen (secondary N) is 1. The van der Waals surface area contributed by atoms with Crippen LogP contribution in [0.2, 0.25) is 0 Å². The fourth-order valence-electron chi connectivity index (χ4n) is 1.81. The highest BCUT2D eigenvalue weighted by Crippen LogP contribution is 2.11. The number of benzene rings is 1. The maximum Gasteiger partial charge on any atom is 0.145 e. The summed E-state index contributed by atoms with van der Waals surface area (Å²) in [6.07, 6.45) is 4.27. The largest absolute Gasteiger partial charge is 0.469 e. The van der Waals surface area contributed by atoms with Crippen molar-refractivity contribution in [3.63, 3.8) is 0 Å². The Morgan fingerprint density at radius 1 is 1.06 bits per heavy atom. The van der Waals surface area contributed by atoms with Gasteiger partial charge in [-0.1, -0.05) is 12.1 Å². The van der Waals surface area contributed by atoms with Crippen molar-refractivity contribution >= 4 is 16.9 Å². The average molecular weight is 239 g/mol. The van der Waals surface area contributed by atoms with Gasteiger partial charge in [-0.2, -0.15) is 0 Å². The number of hydrogen-bond donors (Lipinski definition) is 1. The van der Waals surface area contributed by atoms with Crippen molar-refractivity contribution in [2.75, 3.05) is 11.9 Å². The zero-order valence-electron chi connectivity index (χ0n) is 9.84. The molecule has 2 heterocycles. The molecular weight excluding hydrogens is 226 g/mol. The van der Waals surface area contributed by atoms with E-state index in [-0.39, 0.29) is 0 Å². The zero-order valence-corrected chi connectivity index (χ0v) is 9.84. The Bertz CT molecular complexity index is 634. The first-order valence-electron chi connectivity index (χ1n) is 5.90. The van der Waals surface area contributed by atoms with Gasteiger partial charge >= 0.3 is 0 Å². The summed E-state index contributed by atoms with van der Waals surface area (Å²) in [5.74, 6) is 1.76. The molecule has 90 valence electrons. The molecule has 0 spiro atoms. The van der Waals surface area contributed by atoms with Crippen LogP contribution in [0.4, 0.5) is 5.82 Å². The number of anilines is 1. The van der Waals surface area contributed by atoms with Gasteiger partial charge in [-0.15, -0.1) is 0 Å². The molecule has 0 fully saturated rings. The summed E-state index contributed by atoms with van der Waals surface area (Å²) in [6.45, 7) is 0.778. The van der Waals surface area contributed by atoms with Crippen molar-refractivity contribution < 1.29 is 4.42 Å². The van der Waals surface area contributed by atoms with E-state index in [1.54, 1.807) is 12.5 Å². The number of furan rings is 1. The number of aromatic nitrogens is 2. The smallest absolute Gasteiger partial charge is 0.145 e. The van der Waals surface area contributed by atoms with Gasteiger partial charge in [0.25, 0.3) is 0 Å². The molecule has 3 rings (SSSR count). The molecule has 1 N–H and O–H groups in total. The van der Waals surface area contributed by atoms with Gasteiger partial charge < -0.3 is 9.73 Å². The molecular formula is C14H13N3O. The Kier molecular flexibility index (Phi) is 2.92. The van der Waals surface area contributed by atoms with Gasteiger partial charge in [-0.05, 0) is 24.3 Å². The van der Waals surface area contributed by atoms with Gasteiger partial charge in [0.2, 0.25) is 0 Å². The van der Waals surface area contributed by atoms with Crippen LogP contribution in [0.5, 0.6) is 0 Å². The van der Waals surface area contributed by atoms with Crippen LogP contribution in [0.15, 0.2) is 53.3 Å². The minimum atomic E-state index is 0.778. The lowest BCUT2D eigenvalue weighted by Gasteiger charge is -2.04. The van der Waals surface area contributed by atoms with Gasteiger partial charge in [0.1, 0.15) is 11.6 Å². The molecule has 0 amide bonds. The Balaban J connectivity index is 1.67. The lowest BCUT2D eigenvalue weighted by molar-refractivity contribution is 0.513. The van der Waals surface area contributed by atoms with Crippen molar-refractivity contribution in [2.24, 2.45) is 0 Å². The van der Waals surface area contributed by atoms with Crippen molar-refractivity contribution in [3.8, 4) is 0 Å². The summed E-state index contributed by atoms with van der Waals surface area (Å²) in [5.41, 5.74) is 1.81. The normalized spacial score (nSPS) is 10.7. The Hall–Kier alpha value is -2.36. The third-order valence-electron chi connectivity index (χ3n) is 2.71. The predicted molar refractivity (Wildman–Crippen MR) is 70.4 cm³/mol. The van der Waals surface area contributed by atoms with Gasteiger partial charge in [-0.3, -0.25) is 4.98 Å². The number of para-hydroxylation sites is 2. The second-order valence-corrected chi connectivity index (χ2v) is 4.00. The monoisotopic (exact) mass is 239 g/mol. The second-order valence-electron chi connectivity index (χ2n) is 4.00. The molecule has 0 aliphatic carbocycles. The predicted octanol–water partition coefficient (Wildman–Crippen LogP) is 2.88. The molecule has 4 heteroatoms. The van der Waals surface area contributed by atoms with E-state index in [4.69, 9.17) is 4.42 Å². The fourth-order valence-corrected chi connectivity index (χ4v) is 1.81. The van der Waals surface area contributed by atoms with E-state index in [0.29, 0.717) is 0 Å². The zero-order chi connectivity index (χ0) is 12.2. The molecule has 0 unspecified atom stereocenters. The Labute approximate surface area is 105 Å². The molecule has 0 aliphatic heterocycles. The maximum absolute atomic E-state index is 5.27. The van der Waals surface area contributed by atoms with Crippen LogP contribution in [-0.4, -0.2) is 16.5 Å². The van der Waals surface area contributed by atoms with E-state index in [2.05, 4.69) is 15.3 Å². The molecule has 0 bridgehead atoms. The van der Waals surface area contributed by atoms with E-state index < -0.39 is 0 Å². The minimum absolute atomic E-state index is 0.778. The molecule has 18 heavy (non-hydrogen) atoms. The van der Waals surface area contributed by atoms with E-state index in [1.165, 1.54) is 0 Å². The summed E-state index contributed by atoms with van der Waals surface area (Å²) in [6, 6.07) is 11.7. The summed E-state index contributed by atoms with van der Waals surface area (Å²) >= 11 is 0. The van der Waals surface area contributed by atoms with Gasteiger partial charge in [0, 0.05) is 13.0 Å². The second kappa shape index (κ2) is 4.87. The van der Waals surface area contributed by atoms with Crippen LogP contribution in [0.25, 0.3) is 11.0 Å². The van der Waals surface area contributed by atoms with Crippen molar-refractivity contribution in [3.05, 3.63) is 54.6 Å². The first-order valence-corrected chi connectivity index (χ1v) is 5.90. The molecule has 0 radical (unpaired) electrons. The highest BCUT2D eigenvalue weighted by molar-refractivity contribution is 5.75. The van der Waals surface area contributed by atoms with Crippen LogP contribution in [0.3, 0.4) is 0 Å². The molecule has 0 saturated carbocycles. The SMILES string of the molecule is c1coc(CCNc2cnc3ccccc3n2)c1. The first kappa shape index (κ1) is 10.8. The highest BCUT2D eigenvalue weighted by atomic mass is 16.3. The van der Waals surface area contributed by atoms with E-state index in [1.807, 2.05) is 36.4 Å². The highest BCUT2D eigenvalue weighted by Gasteiger charge is 1.99. The van der Waals surface area contributed by atoms with Crippen LogP contribution >= 0.6 is 0 Å². The fraction of sp³-hybridized carbons (Fsp3) is 0.143. The standard InChI is InChI=1S/C14H13N3O/c1-2-6-13-12(5-1)16-10-14(17-13)15-8-7-11-4-3-9-18-11/h1-6,9-10H,7-8H2,(H,15,17). The average Bonchev–Trinajstić information content (AvgIpc) is 2.92. The van der Waals surface area contributed by atoms with Crippen LogP contribution < -0.4 is 5.32 Å². The molecule has 1 aromatic carbocycles. The topological polar surface area (TPSA) is 51.0 Å². The number of fused-ring (bicyclic) bond motifs is 1. The molecule has 0 aliphatic rings. The number of nitrogens with zero attached hydrogens (tertiary/aromatic N) is 2. The van der Waals surface area contributed by atoms with Crippen molar-refractivity contribution in [2.45, 2.75) is 6.42 Å². The molecule has 0 atom stereocenters. The molecule has 4 nitrogen and oxygen atoms in total.